The van der Waals surface area contributed by atoms with Crippen LogP contribution in [0.3, 0.4) is 0 Å². The van der Waals surface area contributed by atoms with Gasteiger partial charge in [-0.25, -0.2) is 0 Å². The summed E-state index contributed by atoms with van der Waals surface area (Å²) in [6, 6.07) is 0.527. The maximum absolute atomic E-state index is 6.09. The summed E-state index contributed by atoms with van der Waals surface area (Å²) < 4.78 is 6.09. The quantitative estimate of drug-likeness (QED) is 0.423. The first-order valence-electron chi connectivity index (χ1n) is 9.08. The fourth-order valence-corrected chi connectivity index (χ4v) is 3.63. The van der Waals surface area contributed by atoms with Crippen molar-refractivity contribution in [2.24, 2.45) is 5.92 Å². The first-order valence-corrected chi connectivity index (χ1v) is 9.08. The Hall–Kier alpha value is -0.340. The van der Waals surface area contributed by atoms with E-state index in [0.717, 1.165) is 18.9 Å². The second-order valence-corrected chi connectivity index (χ2v) is 6.88. The Labute approximate surface area is 132 Å². The summed E-state index contributed by atoms with van der Waals surface area (Å²) in [5.41, 5.74) is 0.0834. The molecule has 0 aromatic heterocycles. The average Bonchev–Trinajstić information content (AvgIpc) is 2.51. The number of nitrogens with one attached hydrogen (secondary N) is 1. The third kappa shape index (κ3) is 6.12. The normalized spacial score (nSPS) is 27.5. The fourth-order valence-electron chi connectivity index (χ4n) is 3.63. The maximum atomic E-state index is 6.09. The fraction of sp³-hybridized carbons (Fsp3) is 0.895. The molecule has 2 nitrogen and oxygen atoms in total. The Morgan fingerprint density at radius 1 is 1.29 bits per heavy atom. The van der Waals surface area contributed by atoms with Crippen LogP contribution in [0.15, 0.2) is 12.7 Å². The van der Waals surface area contributed by atoms with Crippen LogP contribution in [-0.2, 0) is 4.74 Å². The number of hydrogen-bond donors (Lipinski definition) is 1. The van der Waals surface area contributed by atoms with Gasteiger partial charge in [0.05, 0.1) is 5.60 Å². The molecule has 21 heavy (non-hydrogen) atoms. The molecule has 1 unspecified atom stereocenters. The van der Waals surface area contributed by atoms with Crippen LogP contribution < -0.4 is 5.32 Å². The second kappa shape index (κ2) is 10.4. The van der Waals surface area contributed by atoms with Gasteiger partial charge >= 0.3 is 0 Å². The van der Waals surface area contributed by atoms with Gasteiger partial charge in [-0.05, 0) is 63.8 Å². The van der Waals surface area contributed by atoms with Crippen LogP contribution in [-0.4, -0.2) is 25.3 Å². The predicted octanol–water partition coefficient (Wildman–Crippen LogP) is 5.09. The lowest BCUT2D eigenvalue weighted by molar-refractivity contribution is -0.0768. The van der Waals surface area contributed by atoms with Crippen molar-refractivity contribution >= 4 is 0 Å². The highest BCUT2D eigenvalue weighted by Crippen LogP contribution is 2.38. The Bertz CT molecular complexity index is 269. The van der Waals surface area contributed by atoms with Crippen LogP contribution in [0.4, 0.5) is 0 Å². The van der Waals surface area contributed by atoms with Crippen LogP contribution in [0.2, 0.25) is 0 Å². The van der Waals surface area contributed by atoms with Gasteiger partial charge in [0.2, 0.25) is 0 Å². The average molecular weight is 296 g/mol. The van der Waals surface area contributed by atoms with Gasteiger partial charge in [-0.1, -0.05) is 32.8 Å². The molecule has 1 rings (SSSR count). The highest BCUT2D eigenvalue weighted by Gasteiger charge is 2.40. The lowest BCUT2D eigenvalue weighted by Crippen LogP contribution is -2.54. The van der Waals surface area contributed by atoms with Crippen LogP contribution in [0.25, 0.3) is 0 Å². The number of allylic oxidation sites excluding steroid dienone is 1. The molecule has 1 N–H and O–H groups in total. The summed E-state index contributed by atoms with van der Waals surface area (Å²) in [5, 5.41) is 3.79. The van der Waals surface area contributed by atoms with Crippen LogP contribution in [0, 0.1) is 5.92 Å². The van der Waals surface area contributed by atoms with Crippen molar-refractivity contribution in [3.05, 3.63) is 12.7 Å². The van der Waals surface area contributed by atoms with Crippen LogP contribution in [0.1, 0.15) is 78.1 Å². The zero-order valence-corrected chi connectivity index (χ0v) is 14.6. The molecule has 2 heteroatoms. The van der Waals surface area contributed by atoms with Gasteiger partial charge in [0, 0.05) is 13.2 Å². The van der Waals surface area contributed by atoms with Gasteiger partial charge in [0.1, 0.15) is 0 Å². The summed E-state index contributed by atoms with van der Waals surface area (Å²) in [6.07, 6.45) is 14.6. The van der Waals surface area contributed by atoms with E-state index >= 15 is 0 Å². The van der Waals surface area contributed by atoms with Crippen LogP contribution in [0.5, 0.6) is 0 Å². The molecule has 0 spiro atoms. The van der Waals surface area contributed by atoms with Crippen molar-refractivity contribution in [1.82, 2.24) is 5.32 Å². The summed E-state index contributed by atoms with van der Waals surface area (Å²) in [6.45, 7) is 9.54. The van der Waals surface area contributed by atoms with E-state index in [1.807, 2.05) is 13.2 Å². The number of methoxy groups -OCH3 is 1. The predicted molar refractivity (Wildman–Crippen MR) is 92.7 cm³/mol. The van der Waals surface area contributed by atoms with Gasteiger partial charge < -0.3 is 10.1 Å². The van der Waals surface area contributed by atoms with Gasteiger partial charge in [-0.2, -0.15) is 0 Å². The zero-order valence-electron chi connectivity index (χ0n) is 14.6. The molecular weight excluding hydrogens is 258 g/mol. The van der Waals surface area contributed by atoms with Crippen molar-refractivity contribution in [3.8, 4) is 0 Å². The van der Waals surface area contributed by atoms with Gasteiger partial charge in [-0.15, -0.1) is 6.58 Å². The van der Waals surface area contributed by atoms with Gasteiger partial charge in [0.25, 0.3) is 0 Å². The van der Waals surface area contributed by atoms with Crippen LogP contribution >= 0.6 is 0 Å². The minimum Gasteiger partial charge on any atom is -0.377 e. The minimum absolute atomic E-state index is 0.0834. The van der Waals surface area contributed by atoms with E-state index in [-0.39, 0.29) is 5.60 Å². The van der Waals surface area contributed by atoms with E-state index in [1.54, 1.807) is 0 Å². The molecule has 0 amide bonds. The molecule has 1 fully saturated rings. The molecule has 0 aromatic carbocycles. The van der Waals surface area contributed by atoms with Crippen molar-refractivity contribution < 1.29 is 4.74 Å². The molecule has 0 heterocycles. The molecule has 1 aliphatic carbocycles. The van der Waals surface area contributed by atoms with Crippen molar-refractivity contribution in [3.63, 3.8) is 0 Å². The van der Waals surface area contributed by atoms with Gasteiger partial charge in [0.15, 0.2) is 0 Å². The Balaban J connectivity index is 2.54. The zero-order chi connectivity index (χ0) is 15.6. The van der Waals surface area contributed by atoms with E-state index in [0.29, 0.717) is 6.04 Å². The SMILES string of the molecule is C=CCCCCCC(NCCC)C1(OC)CCC(C)CC1. The highest BCUT2D eigenvalue weighted by atomic mass is 16.5. The van der Waals surface area contributed by atoms with E-state index in [4.69, 9.17) is 4.74 Å². The Morgan fingerprint density at radius 2 is 2.00 bits per heavy atom. The lowest BCUT2D eigenvalue weighted by atomic mass is 9.74. The second-order valence-electron chi connectivity index (χ2n) is 6.88. The monoisotopic (exact) mass is 295 g/mol. The summed E-state index contributed by atoms with van der Waals surface area (Å²) in [4.78, 5) is 0. The number of hydrogen-bond acceptors (Lipinski definition) is 2. The smallest absolute Gasteiger partial charge is 0.0831 e. The molecule has 0 bridgehead atoms. The molecule has 1 atom stereocenters. The molecule has 124 valence electrons. The lowest BCUT2D eigenvalue weighted by Gasteiger charge is -2.44. The third-order valence-electron chi connectivity index (χ3n) is 5.20. The molecule has 0 aromatic rings. The molecule has 1 aliphatic rings. The van der Waals surface area contributed by atoms with Gasteiger partial charge in [-0.3, -0.25) is 0 Å². The topological polar surface area (TPSA) is 21.3 Å². The van der Waals surface area contributed by atoms with E-state index < -0.39 is 0 Å². The molecular formula is C19H37NO. The molecule has 1 saturated carbocycles. The largest absolute Gasteiger partial charge is 0.377 e. The number of rotatable bonds is 11. The van der Waals surface area contributed by atoms with E-state index in [9.17, 15) is 0 Å². The summed E-state index contributed by atoms with van der Waals surface area (Å²) in [5.74, 6) is 0.868. The number of ether oxygens (including phenoxy) is 1. The molecule has 0 radical (unpaired) electrons. The highest BCUT2D eigenvalue weighted by molar-refractivity contribution is 4.96. The standard InChI is InChI=1S/C19H37NO/c1-5-7-8-9-10-11-18(20-16-6-2)19(21-4)14-12-17(3)13-15-19/h5,17-18,20H,1,6-16H2,2-4H3. The van der Waals surface area contributed by atoms with Crippen molar-refractivity contribution in [2.75, 3.05) is 13.7 Å². The minimum atomic E-state index is 0.0834. The van der Waals surface area contributed by atoms with Crippen molar-refractivity contribution in [2.45, 2.75) is 89.7 Å². The number of unbranched alkanes of at least 4 members (excludes halogenated alkanes) is 3. The summed E-state index contributed by atoms with van der Waals surface area (Å²) >= 11 is 0. The Kier molecular flexibility index (Phi) is 9.26. The molecule has 0 aliphatic heterocycles. The molecule has 0 saturated heterocycles. The first kappa shape index (κ1) is 18.7. The maximum Gasteiger partial charge on any atom is 0.0831 e. The Morgan fingerprint density at radius 3 is 2.57 bits per heavy atom. The third-order valence-corrected chi connectivity index (χ3v) is 5.20. The first-order chi connectivity index (χ1) is 10.2. The summed E-state index contributed by atoms with van der Waals surface area (Å²) in [7, 11) is 1.92. The van der Waals surface area contributed by atoms with Crippen molar-refractivity contribution in [1.29, 1.82) is 0 Å². The van der Waals surface area contributed by atoms with E-state index in [1.165, 1.54) is 57.8 Å². The van der Waals surface area contributed by atoms with E-state index in [2.05, 4.69) is 25.7 Å².